The molecule has 0 radical (unpaired) electrons. The lowest BCUT2D eigenvalue weighted by molar-refractivity contribution is -0.119. The number of fused-ring (bicyclic) bond motifs is 1. The fourth-order valence-corrected chi connectivity index (χ4v) is 5.18. The number of nitrogens with one attached hydrogen (secondary N) is 1. The van der Waals surface area contributed by atoms with Crippen LogP contribution in [-0.2, 0) is 14.8 Å². The van der Waals surface area contributed by atoms with Crippen LogP contribution < -0.4 is 9.73 Å². The van der Waals surface area contributed by atoms with Gasteiger partial charge in [0.25, 0.3) is 15.9 Å². The third-order valence-electron chi connectivity index (χ3n) is 5.56. The molecule has 0 atom stereocenters. The normalized spacial score (nSPS) is 11.6. The number of hydrazone groups is 1. The first kappa shape index (κ1) is 24.4. The van der Waals surface area contributed by atoms with E-state index in [9.17, 15) is 13.2 Å². The molecule has 4 aromatic carbocycles. The van der Waals surface area contributed by atoms with Gasteiger partial charge in [0.1, 0.15) is 6.54 Å². The molecule has 1 amide bonds. The van der Waals surface area contributed by atoms with E-state index >= 15 is 0 Å². The Hall–Kier alpha value is -3.68. The third kappa shape index (κ3) is 5.53. The molecule has 0 aliphatic carbocycles. The molecule has 0 spiro atoms. The van der Waals surface area contributed by atoms with Crippen molar-refractivity contribution in [3.63, 3.8) is 0 Å². The van der Waals surface area contributed by atoms with Crippen molar-refractivity contribution in [3.8, 4) is 0 Å². The number of nitrogens with zero attached hydrogens (tertiary/aromatic N) is 2. The van der Waals surface area contributed by atoms with Crippen molar-refractivity contribution >= 4 is 50.2 Å². The number of amides is 1. The second kappa shape index (κ2) is 10.3. The van der Waals surface area contributed by atoms with Crippen LogP contribution in [0.1, 0.15) is 16.7 Å². The number of anilines is 1. The molecule has 0 saturated heterocycles. The number of aryl methyl sites for hydroxylation is 2. The molecule has 0 aliphatic rings. The Labute approximate surface area is 209 Å². The summed E-state index contributed by atoms with van der Waals surface area (Å²) in [5.74, 6) is -0.589. The first-order valence-electron chi connectivity index (χ1n) is 10.9. The summed E-state index contributed by atoms with van der Waals surface area (Å²) in [7, 11) is -4.04. The number of benzene rings is 4. The van der Waals surface area contributed by atoms with Gasteiger partial charge < -0.3 is 0 Å². The summed E-state index contributed by atoms with van der Waals surface area (Å²) in [6, 6.07) is 25.0. The molecule has 0 heterocycles. The summed E-state index contributed by atoms with van der Waals surface area (Å²) in [6.45, 7) is 3.22. The van der Waals surface area contributed by atoms with Crippen LogP contribution in [0.15, 0.2) is 94.9 Å². The maximum absolute atomic E-state index is 13.5. The summed E-state index contributed by atoms with van der Waals surface area (Å²) >= 11 is 6.26. The van der Waals surface area contributed by atoms with Crippen molar-refractivity contribution in [2.75, 3.05) is 10.8 Å². The van der Waals surface area contributed by atoms with E-state index < -0.39 is 22.5 Å². The number of hydrogen-bond donors (Lipinski definition) is 1. The standard InChI is InChI=1S/C27H24ClN3O3S/c1-19-10-14-24(15-11-19)35(33,34)31(23-13-12-20(2)26(28)16-23)18-27(32)30-29-17-22-8-5-7-21-6-3-4-9-25(21)22/h3-17H,18H2,1-2H3,(H,30,32)/b29-17-. The van der Waals surface area contributed by atoms with Crippen LogP contribution in [0, 0.1) is 13.8 Å². The zero-order valence-electron chi connectivity index (χ0n) is 19.3. The zero-order valence-corrected chi connectivity index (χ0v) is 20.8. The molecule has 8 heteroatoms. The van der Waals surface area contributed by atoms with Gasteiger partial charge in [-0.25, -0.2) is 13.8 Å². The second-order valence-corrected chi connectivity index (χ2v) is 10.4. The van der Waals surface area contributed by atoms with Gasteiger partial charge >= 0.3 is 0 Å². The molecule has 1 N–H and O–H groups in total. The van der Waals surface area contributed by atoms with Crippen LogP contribution in [0.4, 0.5) is 5.69 Å². The van der Waals surface area contributed by atoms with E-state index in [1.54, 1.807) is 30.5 Å². The lowest BCUT2D eigenvalue weighted by Crippen LogP contribution is -2.39. The van der Waals surface area contributed by atoms with E-state index in [0.717, 1.165) is 31.8 Å². The molecular formula is C27H24ClN3O3S. The largest absolute Gasteiger partial charge is 0.271 e. The van der Waals surface area contributed by atoms with Crippen LogP contribution in [0.2, 0.25) is 5.02 Å². The third-order valence-corrected chi connectivity index (χ3v) is 7.75. The quantitative estimate of drug-likeness (QED) is 0.268. The summed E-state index contributed by atoms with van der Waals surface area (Å²) < 4.78 is 28.0. The van der Waals surface area contributed by atoms with Crippen molar-refractivity contribution in [1.29, 1.82) is 0 Å². The minimum atomic E-state index is -4.04. The average Bonchev–Trinajstić information content (AvgIpc) is 2.85. The Morgan fingerprint density at radius 1 is 0.971 bits per heavy atom. The molecular weight excluding hydrogens is 482 g/mol. The lowest BCUT2D eigenvalue weighted by atomic mass is 10.1. The minimum absolute atomic E-state index is 0.0758. The Bertz CT molecular complexity index is 1510. The number of carbonyl (C=O) groups excluding carboxylic acids is 1. The van der Waals surface area contributed by atoms with Crippen LogP contribution in [-0.4, -0.2) is 27.1 Å². The van der Waals surface area contributed by atoms with Crippen molar-refractivity contribution < 1.29 is 13.2 Å². The maximum atomic E-state index is 13.5. The molecule has 0 aliphatic heterocycles. The fourth-order valence-electron chi connectivity index (χ4n) is 3.59. The SMILES string of the molecule is Cc1ccc(S(=O)(=O)N(CC(=O)N/N=C\c2cccc3ccccc23)c2ccc(C)c(Cl)c2)cc1. The summed E-state index contributed by atoms with van der Waals surface area (Å²) in [4.78, 5) is 12.9. The van der Waals surface area contributed by atoms with Crippen LogP contribution in [0.3, 0.4) is 0 Å². The number of carbonyl (C=O) groups is 1. The van der Waals surface area contributed by atoms with Gasteiger partial charge in [-0.05, 0) is 54.4 Å². The maximum Gasteiger partial charge on any atom is 0.264 e. The van der Waals surface area contributed by atoms with Gasteiger partial charge in [-0.3, -0.25) is 9.10 Å². The molecule has 0 saturated carbocycles. The summed E-state index contributed by atoms with van der Waals surface area (Å²) in [5.41, 5.74) is 5.29. The average molecular weight is 506 g/mol. The number of sulfonamides is 1. The first-order chi connectivity index (χ1) is 16.8. The number of hydrogen-bond acceptors (Lipinski definition) is 4. The van der Waals surface area contributed by atoms with Gasteiger partial charge in [0, 0.05) is 10.6 Å². The first-order valence-corrected chi connectivity index (χ1v) is 12.7. The Kier molecular flexibility index (Phi) is 7.19. The predicted molar refractivity (Wildman–Crippen MR) is 142 cm³/mol. The van der Waals surface area contributed by atoms with Crippen molar-refractivity contribution in [2.24, 2.45) is 5.10 Å². The second-order valence-electron chi connectivity index (χ2n) is 8.12. The van der Waals surface area contributed by atoms with Gasteiger partial charge in [-0.15, -0.1) is 0 Å². The van der Waals surface area contributed by atoms with Crippen LogP contribution in [0.25, 0.3) is 10.8 Å². The number of halogens is 1. The van der Waals surface area contributed by atoms with Crippen LogP contribution >= 0.6 is 11.6 Å². The van der Waals surface area contributed by atoms with Crippen molar-refractivity contribution in [3.05, 3.63) is 107 Å². The molecule has 0 aromatic heterocycles. The monoisotopic (exact) mass is 505 g/mol. The lowest BCUT2D eigenvalue weighted by Gasteiger charge is -2.24. The molecule has 0 fully saturated rings. The van der Waals surface area contributed by atoms with E-state index in [2.05, 4.69) is 10.5 Å². The van der Waals surface area contributed by atoms with E-state index in [1.165, 1.54) is 18.2 Å². The van der Waals surface area contributed by atoms with Gasteiger partial charge in [-0.1, -0.05) is 77.8 Å². The van der Waals surface area contributed by atoms with Gasteiger partial charge in [0.05, 0.1) is 16.8 Å². The highest BCUT2D eigenvalue weighted by Crippen LogP contribution is 2.28. The van der Waals surface area contributed by atoms with E-state index in [-0.39, 0.29) is 10.6 Å². The fraction of sp³-hybridized carbons (Fsp3) is 0.111. The van der Waals surface area contributed by atoms with Crippen molar-refractivity contribution in [2.45, 2.75) is 18.7 Å². The number of rotatable bonds is 7. The molecule has 178 valence electrons. The smallest absolute Gasteiger partial charge is 0.264 e. The van der Waals surface area contributed by atoms with E-state index in [0.29, 0.717) is 5.02 Å². The topological polar surface area (TPSA) is 78.8 Å². The Morgan fingerprint density at radius 3 is 2.43 bits per heavy atom. The van der Waals surface area contributed by atoms with Crippen molar-refractivity contribution in [1.82, 2.24) is 5.43 Å². The zero-order chi connectivity index (χ0) is 25.0. The van der Waals surface area contributed by atoms with Gasteiger partial charge in [0.2, 0.25) is 0 Å². The summed E-state index contributed by atoms with van der Waals surface area (Å²) in [5, 5.41) is 6.51. The minimum Gasteiger partial charge on any atom is -0.271 e. The molecule has 0 bridgehead atoms. The van der Waals surface area contributed by atoms with E-state index in [1.807, 2.05) is 56.3 Å². The Morgan fingerprint density at radius 2 is 1.69 bits per heavy atom. The summed E-state index contributed by atoms with van der Waals surface area (Å²) in [6.07, 6.45) is 1.54. The van der Waals surface area contributed by atoms with Gasteiger partial charge in [0.15, 0.2) is 0 Å². The molecule has 4 rings (SSSR count). The predicted octanol–water partition coefficient (Wildman–Crippen LogP) is 5.46. The highest BCUT2D eigenvalue weighted by atomic mass is 35.5. The highest BCUT2D eigenvalue weighted by molar-refractivity contribution is 7.92. The molecule has 6 nitrogen and oxygen atoms in total. The Balaban J connectivity index is 1.60. The highest BCUT2D eigenvalue weighted by Gasteiger charge is 2.27. The molecule has 4 aromatic rings. The molecule has 35 heavy (non-hydrogen) atoms. The van der Waals surface area contributed by atoms with Crippen LogP contribution in [0.5, 0.6) is 0 Å². The van der Waals surface area contributed by atoms with E-state index in [4.69, 9.17) is 11.6 Å². The molecule has 0 unspecified atom stereocenters. The van der Waals surface area contributed by atoms with Gasteiger partial charge in [-0.2, -0.15) is 5.10 Å².